The molecule has 192 valence electrons. The van der Waals surface area contributed by atoms with Gasteiger partial charge in [-0.25, -0.2) is 13.2 Å². The van der Waals surface area contributed by atoms with Gasteiger partial charge < -0.3 is 19.5 Å². The quantitative estimate of drug-likeness (QED) is 0.653. The summed E-state index contributed by atoms with van der Waals surface area (Å²) in [5.41, 5.74) is -0.131. The van der Waals surface area contributed by atoms with Gasteiger partial charge in [0.05, 0.1) is 13.2 Å². The van der Waals surface area contributed by atoms with E-state index < -0.39 is 22.2 Å². The Morgan fingerprint density at radius 1 is 1.24 bits per heavy atom. The number of carboxylic acids is 1. The number of alkyl halides is 3. The first-order valence-electron chi connectivity index (χ1n) is 11.2. The Morgan fingerprint density at radius 2 is 1.85 bits per heavy atom. The predicted molar refractivity (Wildman–Crippen MR) is 117 cm³/mol. The van der Waals surface area contributed by atoms with Crippen molar-refractivity contribution in [3.05, 3.63) is 24.3 Å². The maximum absolute atomic E-state index is 13.3. The van der Waals surface area contributed by atoms with Crippen LogP contribution in [0.3, 0.4) is 0 Å². The van der Waals surface area contributed by atoms with Crippen LogP contribution >= 0.6 is 0 Å². The van der Waals surface area contributed by atoms with Gasteiger partial charge in [0.15, 0.2) is 0 Å². The van der Waals surface area contributed by atoms with Gasteiger partial charge >= 0.3 is 12.1 Å². The van der Waals surface area contributed by atoms with Gasteiger partial charge in [-0.3, -0.25) is 0 Å². The number of benzene rings is 1. The Kier molecular flexibility index (Phi) is 8.48. The number of ether oxygens (including phenoxy) is 2. The number of hydrogen-bond acceptors (Lipinski definition) is 6. The Morgan fingerprint density at radius 3 is 2.41 bits per heavy atom. The first kappa shape index (κ1) is 26.7. The molecule has 34 heavy (non-hydrogen) atoms. The van der Waals surface area contributed by atoms with Gasteiger partial charge in [-0.1, -0.05) is 12.1 Å². The summed E-state index contributed by atoms with van der Waals surface area (Å²) in [6.07, 6.45) is -0.406. The van der Waals surface area contributed by atoms with Crippen molar-refractivity contribution in [1.82, 2.24) is 9.21 Å². The zero-order chi connectivity index (χ0) is 25.0. The number of likely N-dealkylation sites (tertiary alicyclic amines) is 1. The van der Waals surface area contributed by atoms with Crippen LogP contribution in [0.2, 0.25) is 0 Å². The minimum absolute atomic E-state index is 0.131. The number of nitrogens with zero attached hydrogens (tertiary/aromatic N) is 2. The number of sulfonamides is 1. The molecule has 1 saturated carbocycles. The van der Waals surface area contributed by atoms with Crippen molar-refractivity contribution in [2.45, 2.75) is 36.8 Å². The number of hydrogen-bond donors (Lipinski definition) is 1. The van der Waals surface area contributed by atoms with E-state index in [1.54, 1.807) is 29.6 Å². The van der Waals surface area contributed by atoms with E-state index in [1.807, 2.05) is 6.07 Å². The molecule has 0 radical (unpaired) electrons. The van der Waals surface area contributed by atoms with E-state index in [9.17, 15) is 21.6 Å². The third kappa shape index (κ3) is 6.83. The average molecular weight is 509 g/mol. The molecule has 8 nitrogen and oxygen atoms in total. The van der Waals surface area contributed by atoms with E-state index in [4.69, 9.17) is 19.4 Å². The highest BCUT2D eigenvalue weighted by Gasteiger charge is 2.43. The SMILES string of the molecule is COCCN1CC2(CCN(CC3CC3)CC2)COc2ccccc2S1(=O)=O.O=C(O)C(F)(F)F. The molecule has 12 heteroatoms. The van der Waals surface area contributed by atoms with Gasteiger partial charge in [-0.2, -0.15) is 17.5 Å². The number of fused-ring (bicyclic) bond motifs is 1. The highest BCUT2D eigenvalue weighted by Crippen LogP contribution is 2.40. The van der Waals surface area contributed by atoms with Crippen LogP contribution in [0.15, 0.2) is 29.2 Å². The molecule has 1 saturated heterocycles. The fourth-order valence-electron chi connectivity index (χ4n) is 4.23. The van der Waals surface area contributed by atoms with E-state index >= 15 is 0 Å². The van der Waals surface area contributed by atoms with Crippen molar-refractivity contribution >= 4 is 16.0 Å². The van der Waals surface area contributed by atoms with Gasteiger partial charge in [-0.05, 0) is 56.8 Å². The van der Waals surface area contributed by atoms with Gasteiger partial charge in [0.1, 0.15) is 10.6 Å². The van der Waals surface area contributed by atoms with Crippen LogP contribution in [-0.4, -0.2) is 87.9 Å². The second-order valence-electron chi connectivity index (χ2n) is 9.11. The molecule has 0 amide bonds. The lowest BCUT2D eigenvalue weighted by Gasteiger charge is -2.45. The van der Waals surface area contributed by atoms with Gasteiger partial charge in [-0.15, -0.1) is 0 Å². The summed E-state index contributed by atoms with van der Waals surface area (Å²) in [5, 5.41) is 7.12. The Bertz CT molecular complexity index is 944. The number of halogens is 3. The highest BCUT2D eigenvalue weighted by molar-refractivity contribution is 7.89. The number of rotatable bonds is 5. The molecule has 1 N–H and O–H groups in total. The summed E-state index contributed by atoms with van der Waals surface area (Å²) >= 11 is 0. The molecule has 1 spiro atoms. The summed E-state index contributed by atoms with van der Waals surface area (Å²) in [5.74, 6) is -1.40. The number of carbonyl (C=O) groups is 1. The standard InChI is InChI=1S/C20H30N2O4S.C2HF3O2/c1-25-13-12-22-15-20(8-10-21(11-9-20)14-17-6-7-17)16-26-18-4-2-3-5-19(18)27(22,23)24;3-2(4,5)1(6)7/h2-5,17H,6-16H2,1H3;(H,6,7). The fraction of sp³-hybridized carbons (Fsp3) is 0.682. The normalized spacial score (nSPS) is 22.5. The number of carboxylic acid groups (broad SMARTS) is 1. The van der Waals surface area contributed by atoms with Crippen LogP contribution < -0.4 is 4.74 Å². The first-order chi connectivity index (χ1) is 16.0. The molecular weight excluding hydrogens is 477 g/mol. The van der Waals surface area contributed by atoms with E-state index in [2.05, 4.69) is 4.90 Å². The lowest BCUT2D eigenvalue weighted by atomic mass is 9.78. The first-order valence-corrected chi connectivity index (χ1v) is 12.6. The number of piperidine rings is 1. The maximum Gasteiger partial charge on any atom is 0.490 e. The number of methoxy groups -OCH3 is 1. The molecule has 0 bridgehead atoms. The Labute approximate surface area is 197 Å². The summed E-state index contributed by atoms with van der Waals surface area (Å²) in [7, 11) is -1.99. The van der Waals surface area contributed by atoms with Crippen LogP contribution in [0.25, 0.3) is 0 Å². The molecule has 2 aliphatic heterocycles. The van der Waals surface area contributed by atoms with E-state index in [0.29, 0.717) is 32.1 Å². The molecule has 4 rings (SSSR count). The monoisotopic (exact) mass is 508 g/mol. The summed E-state index contributed by atoms with van der Waals surface area (Å²) < 4.78 is 71.2. The smallest absolute Gasteiger partial charge is 0.490 e. The zero-order valence-corrected chi connectivity index (χ0v) is 19.9. The molecule has 2 fully saturated rings. The van der Waals surface area contributed by atoms with Crippen molar-refractivity contribution in [2.24, 2.45) is 11.3 Å². The second kappa shape index (κ2) is 10.8. The predicted octanol–water partition coefficient (Wildman–Crippen LogP) is 2.84. The van der Waals surface area contributed by atoms with Crippen LogP contribution in [-0.2, 0) is 19.6 Å². The van der Waals surface area contributed by atoms with Crippen molar-refractivity contribution in [1.29, 1.82) is 0 Å². The van der Waals surface area contributed by atoms with Crippen LogP contribution in [0.4, 0.5) is 13.2 Å². The molecule has 0 aromatic heterocycles. The molecular formula is C22H31F3N2O6S. The number of aliphatic carboxylic acids is 1. The average Bonchev–Trinajstić information content (AvgIpc) is 3.60. The van der Waals surface area contributed by atoms with E-state index in [0.717, 1.165) is 31.8 Å². The van der Waals surface area contributed by atoms with Crippen LogP contribution in [0.5, 0.6) is 5.75 Å². The minimum Gasteiger partial charge on any atom is -0.492 e. The van der Waals surface area contributed by atoms with Crippen LogP contribution in [0, 0.1) is 11.3 Å². The lowest BCUT2D eigenvalue weighted by molar-refractivity contribution is -0.192. The van der Waals surface area contributed by atoms with Crippen molar-refractivity contribution in [3.8, 4) is 5.75 Å². The van der Waals surface area contributed by atoms with Gasteiger partial charge in [0, 0.05) is 32.2 Å². The lowest BCUT2D eigenvalue weighted by Crippen LogP contribution is -2.52. The molecule has 0 unspecified atom stereocenters. The Balaban J connectivity index is 0.000000406. The maximum atomic E-state index is 13.3. The third-order valence-corrected chi connectivity index (χ3v) is 8.31. The van der Waals surface area contributed by atoms with Gasteiger partial charge in [0.2, 0.25) is 10.0 Å². The van der Waals surface area contributed by atoms with Crippen molar-refractivity contribution < 1.29 is 41.0 Å². The summed E-state index contributed by atoms with van der Waals surface area (Å²) in [4.78, 5) is 11.7. The summed E-state index contributed by atoms with van der Waals surface area (Å²) in [6, 6.07) is 6.99. The highest BCUT2D eigenvalue weighted by atomic mass is 32.2. The minimum atomic E-state index is -5.08. The molecule has 3 aliphatic rings. The number of para-hydroxylation sites is 1. The Hall–Kier alpha value is -1.89. The molecule has 2 heterocycles. The largest absolute Gasteiger partial charge is 0.492 e. The fourth-order valence-corrected chi connectivity index (χ4v) is 5.90. The molecule has 1 aromatic carbocycles. The summed E-state index contributed by atoms with van der Waals surface area (Å²) in [6.45, 7) is 5.10. The molecule has 0 atom stereocenters. The van der Waals surface area contributed by atoms with Gasteiger partial charge in [0.25, 0.3) is 0 Å². The van der Waals surface area contributed by atoms with E-state index in [-0.39, 0.29) is 10.3 Å². The van der Waals surface area contributed by atoms with Crippen molar-refractivity contribution in [2.75, 3.05) is 53.0 Å². The topological polar surface area (TPSA) is 96.4 Å². The zero-order valence-electron chi connectivity index (χ0n) is 19.1. The molecule has 1 aromatic rings. The second-order valence-corrected chi connectivity index (χ2v) is 11.0. The molecule has 1 aliphatic carbocycles. The third-order valence-electron chi connectivity index (χ3n) is 6.43. The van der Waals surface area contributed by atoms with E-state index in [1.165, 1.54) is 19.4 Å². The van der Waals surface area contributed by atoms with Crippen LogP contribution in [0.1, 0.15) is 25.7 Å². The van der Waals surface area contributed by atoms with Crippen molar-refractivity contribution in [3.63, 3.8) is 0 Å².